The maximum atomic E-state index is 11.7. The lowest BCUT2D eigenvalue weighted by atomic mass is 9.99. The highest BCUT2D eigenvalue weighted by Crippen LogP contribution is 2.22. The van der Waals surface area contributed by atoms with Gasteiger partial charge in [0.2, 0.25) is 0 Å². The zero-order valence-electron chi connectivity index (χ0n) is 23.0. The Morgan fingerprint density at radius 2 is 1.14 bits per heavy atom. The summed E-state index contributed by atoms with van der Waals surface area (Å²) in [5.74, 6) is -0.0802. The van der Waals surface area contributed by atoms with Crippen molar-refractivity contribution in [1.29, 1.82) is 0 Å². The van der Waals surface area contributed by atoms with E-state index in [0.29, 0.717) is 13.0 Å². The first-order chi connectivity index (χ1) is 17.2. The largest absolute Gasteiger partial charge is 0.460 e. The molecule has 1 rings (SSSR count). The minimum Gasteiger partial charge on any atom is -0.460 e. The lowest BCUT2D eigenvalue weighted by Gasteiger charge is -2.39. The molecule has 1 fully saturated rings. The van der Waals surface area contributed by atoms with Crippen LogP contribution in [0.2, 0.25) is 0 Å². The second-order valence-electron chi connectivity index (χ2n) is 11.2. The molecule has 1 heterocycles. The van der Waals surface area contributed by atoms with Gasteiger partial charge < -0.3 is 34.6 Å². The number of carbonyl (C=O) groups is 1. The highest BCUT2D eigenvalue weighted by atomic mass is 16.7. The smallest absolute Gasteiger partial charge is 0.306 e. The van der Waals surface area contributed by atoms with Crippen LogP contribution in [0.3, 0.4) is 0 Å². The van der Waals surface area contributed by atoms with Crippen LogP contribution in [0.1, 0.15) is 124 Å². The van der Waals surface area contributed by atoms with Crippen molar-refractivity contribution in [3.63, 3.8) is 0 Å². The van der Waals surface area contributed by atoms with Gasteiger partial charge in [0.15, 0.2) is 6.29 Å². The normalized spacial score (nSPS) is 24.7. The molecule has 4 N–H and O–H groups in total. The minimum absolute atomic E-state index is 0.0802. The third-order valence-electron chi connectivity index (χ3n) is 6.58. The molecule has 1 aliphatic heterocycles. The minimum atomic E-state index is -1.39. The van der Waals surface area contributed by atoms with E-state index in [2.05, 4.69) is 0 Å². The average molecular weight is 519 g/mol. The summed E-state index contributed by atoms with van der Waals surface area (Å²) < 4.78 is 16.2. The van der Waals surface area contributed by atoms with E-state index in [1.165, 1.54) is 64.2 Å². The molecule has 0 bridgehead atoms. The second-order valence-corrected chi connectivity index (χ2v) is 11.2. The predicted octanol–water partition coefficient (Wildman–Crippen LogP) is 4.39. The van der Waals surface area contributed by atoms with Gasteiger partial charge in [0, 0.05) is 13.0 Å². The molecule has 214 valence electrons. The monoisotopic (exact) mass is 518 g/mol. The molecule has 8 nitrogen and oxygen atoms in total. The van der Waals surface area contributed by atoms with Crippen molar-refractivity contribution >= 4 is 5.97 Å². The van der Waals surface area contributed by atoms with Gasteiger partial charge in [0.1, 0.15) is 30.0 Å². The number of hydrogen-bond donors (Lipinski definition) is 4. The first kappa shape index (κ1) is 33.3. The highest BCUT2D eigenvalue weighted by molar-refractivity contribution is 5.69. The Morgan fingerprint density at radius 1 is 0.694 bits per heavy atom. The van der Waals surface area contributed by atoms with Crippen LogP contribution in [-0.2, 0) is 19.0 Å². The summed E-state index contributed by atoms with van der Waals surface area (Å²) in [6, 6.07) is 0. The fourth-order valence-electron chi connectivity index (χ4n) is 4.47. The highest BCUT2D eigenvalue weighted by Gasteiger charge is 2.43. The van der Waals surface area contributed by atoms with Crippen LogP contribution in [0.15, 0.2) is 0 Å². The quantitative estimate of drug-likeness (QED) is 0.138. The Hall–Kier alpha value is -0.770. The van der Waals surface area contributed by atoms with Gasteiger partial charge in [-0.25, -0.2) is 0 Å². The molecule has 0 aliphatic carbocycles. The number of ether oxygens (including phenoxy) is 3. The van der Waals surface area contributed by atoms with Crippen molar-refractivity contribution in [3.8, 4) is 0 Å². The lowest BCUT2D eigenvalue weighted by Crippen LogP contribution is -2.59. The maximum Gasteiger partial charge on any atom is 0.306 e. The van der Waals surface area contributed by atoms with E-state index in [1.54, 1.807) is 0 Å². The molecule has 36 heavy (non-hydrogen) atoms. The molecular formula is C28H54O8. The third-order valence-corrected chi connectivity index (χ3v) is 6.58. The number of aliphatic hydroxyl groups excluding tert-OH is 4. The van der Waals surface area contributed by atoms with Crippen molar-refractivity contribution in [2.45, 2.75) is 160 Å². The van der Waals surface area contributed by atoms with Crippen molar-refractivity contribution < 1.29 is 39.4 Å². The van der Waals surface area contributed by atoms with Crippen LogP contribution in [0.25, 0.3) is 0 Å². The van der Waals surface area contributed by atoms with Crippen molar-refractivity contribution in [2.24, 2.45) is 0 Å². The molecule has 0 amide bonds. The van der Waals surface area contributed by atoms with E-state index < -0.39 is 37.3 Å². The van der Waals surface area contributed by atoms with E-state index in [4.69, 9.17) is 14.2 Å². The van der Waals surface area contributed by atoms with E-state index >= 15 is 0 Å². The average Bonchev–Trinajstić information content (AvgIpc) is 2.82. The van der Waals surface area contributed by atoms with Gasteiger partial charge in [-0.1, -0.05) is 83.5 Å². The molecule has 1 aliphatic rings. The Morgan fingerprint density at radius 3 is 1.58 bits per heavy atom. The second kappa shape index (κ2) is 19.3. The van der Waals surface area contributed by atoms with Gasteiger partial charge in [-0.05, 0) is 33.6 Å². The van der Waals surface area contributed by atoms with E-state index in [0.717, 1.165) is 32.1 Å². The van der Waals surface area contributed by atoms with E-state index in [-0.39, 0.29) is 11.6 Å². The fraction of sp³-hybridized carbons (Fsp3) is 0.964. The van der Waals surface area contributed by atoms with E-state index in [1.807, 2.05) is 20.8 Å². The number of rotatable bonds is 20. The SMILES string of the molecule is CC(C)(C)OC(=O)CCCCCCCCCCCCCCCCCO[C@@H]1O[C@H](CO)[C@@H](O)[C@H](O)[C@H]1O. The summed E-state index contributed by atoms with van der Waals surface area (Å²) in [6.45, 7) is 5.69. The van der Waals surface area contributed by atoms with Crippen LogP contribution in [0.4, 0.5) is 0 Å². The Kier molecular flexibility index (Phi) is 17.8. The van der Waals surface area contributed by atoms with Gasteiger partial charge in [-0.3, -0.25) is 4.79 Å². The molecule has 0 spiro atoms. The summed E-state index contributed by atoms with van der Waals surface area (Å²) >= 11 is 0. The molecule has 0 aromatic carbocycles. The van der Waals surface area contributed by atoms with Crippen LogP contribution in [0, 0.1) is 0 Å². The first-order valence-electron chi connectivity index (χ1n) is 14.3. The molecule has 0 unspecified atom stereocenters. The number of hydrogen-bond acceptors (Lipinski definition) is 8. The Bertz CT molecular complexity index is 548. The van der Waals surface area contributed by atoms with Crippen LogP contribution in [-0.4, -0.2) is 75.9 Å². The molecule has 0 radical (unpaired) electrons. The zero-order chi connectivity index (χ0) is 26.8. The number of esters is 1. The first-order valence-corrected chi connectivity index (χ1v) is 14.3. The summed E-state index contributed by atoms with van der Waals surface area (Å²) in [6.07, 6.45) is 12.3. The maximum absolute atomic E-state index is 11.7. The molecule has 0 aromatic rings. The lowest BCUT2D eigenvalue weighted by molar-refractivity contribution is -0.301. The third kappa shape index (κ3) is 15.5. The number of carbonyl (C=O) groups excluding carboxylic acids is 1. The Balaban J connectivity index is 1.82. The Labute approximate surface area is 218 Å². The topological polar surface area (TPSA) is 126 Å². The van der Waals surface area contributed by atoms with Crippen molar-refractivity contribution in [1.82, 2.24) is 0 Å². The number of unbranched alkanes of at least 4 members (excludes halogenated alkanes) is 14. The van der Waals surface area contributed by atoms with Crippen LogP contribution < -0.4 is 0 Å². The van der Waals surface area contributed by atoms with Gasteiger partial charge in [-0.2, -0.15) is 0 Å². The molecule has 1 saturated heterocycles. The van der Waals surface area contributed by atoms with E-state index in [9.17, 15) is 25.2 Å². The summed E-state index contributed by atoms with van der Waals surface area (Å²) in [5, 5.41) is 38.7. The van der Waals surface area contributed by atoms with Gasteiger partial charge in [0.25, 0.3) is 0 Å². The molecular weight excluding hydrogens is 464 g/mol. The van der Waals surface area contributed by atoms with Crippen molar-refractivity contribution in [2.75, 3.05) is 13.2 Å². The number of aliphatic hydroxyl groups is 4. The standard InChI is InChI=1S/C28H54O8/c1-28(2,3)36-23(30)19-17-15-13-11-9-7-5-4-6-8-10-12-14-16-18-20-34-27-26(33)25(32)24(31)22(21-29)35-27/h22,24-27,29,31-33H,4-21H2,1-3H3/t22-,24-,25+,26-,27-/m1/s1. The van der Waals surface area contributed by atoms with Gasteiger partial charge in [-0.15, -0.1) is 0 Å². The molecule has 0 saturated carbocycles. The zero-order valence-corrected chi connectivity index (χ0v) is 23.0. The van der Waals surface area contributed by atoms with Gasteiger partial charge in [0.05, 0.1) is 6.61 Å². The fourth-order valence-corrected chi connectivity index (χ4v) is 4.47. The van der Waals surface area contributed by atoms with Crippen LogP contribution in [0.5, 0.6) is 0 Å². The summed E-state index contributed by atoms with van der Waals surface area (Å²) in [5.41, 5.74) is -0.380. The predicted molar refractivity (Wildman–Crippen MR) is 139 cm³/mol. The van der Waals surface area contributed by atoms with Gasteiger partial charge >= 0.3 is 5.97 Å². The van der Waals surface area contributed by atoms with Crippen LogP contribution >= 0.6 is 0 Å². The molecule has 8 heteroatoms. The van der Waals surface area contributed by atoms with Crippen molar-refractivity contribution in [3.05, 3.63) is 0 Å². The summed E-state index contributed by atoms with van der Waals surface area (Å²) in [4.78, 5) is 11.7. The molecule has 5 atom stereocenters. The summed E-state index contributed by atoms with van der Waals surface area (Å²) in [7, 11) is 0. The molecule has 0 aromatic heterocycles.